The fourth-order valence-corrected chi connectivity index (χ4v) is 7.17. The van der Waals surface area contributed by atoms with E-state index in [0.29, 0.717) is 22.0 Å². The molecule has 1 fully saturated rings. The highest BCUT2D eigenvalue weighted by Crippen LogP contribution is 2.37. The molecule has 1 aliphatic rings. The van der Waals surface area contributed by atoms with E-state index in [0.717, 1.165) is 36.6 Å². The van der Waals surface area contributed by atoms with Crippen LogP contribution in [-0.4, -0.2) is 43.8 Å². The van der Waals surface area contributed by atoms with E-state index < -0.39 is 51.9 Å². The predicted molar refractivity (Wildman–Crippen MR) is 164 cm³/mol. The molecule has 0 spiro atoms. The Kier molecular flexibility index (Phi) is 10.8. The topological polar surface area (TPSA) is 86.8 Å². The number of carbonyl (C=O) groups excluding carboxylic acids is 2. The standard InChI is InChI=1S/C30H29Cl3F3N3O4S/c1-19(29(41)37-21-8-5-6-9-21)38(17-23-24(31)12-7-13-25(23)32)28(40)18-39(44(42,43)22-10-3-2-4-11-22)27-16-20(30(34,35)36)14-15-26(27)33/h2-4,7,10-16,19,21H,5-6,8-9,17-18H2,1H3,(H,37,41). The van der Waals surface area contributed by atoms with E-state index in [4.69, 9.17) is 34.8 Å². The number of amides is 2. The van der Waals surface area contributed by atoms with Crippen LogP contribution >= 0.6 is 34.8 Å². The molecule has 1 N–H and O–H groups in total. The van der Waals surface area contributed by atoms with Gasteiger partial charge in [0.05, 0.1) is 21.2 Å². The number of halogens is 6. The molecule has 3 aromatic rings. The van der Waals surface area contributed by atoms with Crippen molar-refractivity contribution in [3.8, 4) is 0 Å². The van der Waals surface area contributed by atoms with Gasteiger partial charge in [-0.3, -0.25) is 13.9 Å². The fraction of sp³-hybridized carbons (Fsp3) is 0.333. The first kappa shape index (κ1) is 33.9. The van der Waals surface area contributed by atoms with Crippen molar-refractivity contribution in [3.63, 3.8) is 0 Å². The maximum Gasteiger partial charge on any atom is 0.416 e. The highest BCUT2D eigenvalue weighted by molar-refractivity contribution is 7.92. The molecule has 1 saturated carbocycles. The third kappa shape index (κ3) is 7.80. The second-order valence-electron chi connectivity index (χ2n) is 10.4. The Morgan fingerprint density at radius 2 is 1.55 bits per heavy atom. The molecule has 1 aliphatic carbocycles. The van der Waals surface area contributed by atoms with Gasteiger partial charge in [-0.05, 0) is 62.2 Å². The second kappa shape index (κ2) is 14.0. The lowest BCUT2D eigenvalue weighted by molar-refractivity contribution is -0.139. The summed E-state index contributed by atoms with van der Waals surface area (Å²) >= 11 is 19.0. The zero-order valence-electron chi connectivity index (χ0n) is 23.5. The summed E-state index contributed by atoms with van der Waals surface area (Å²) in [6, 6.07) is 12.6. The van der Waals surface area contributed by atoms with E-state index in [1.807, 2.05) is 0 Å². The molecule has 236 valence electrons. The third-order valence-electron chi connectivity index (χ3n) is 7.41. The van der Waals surface area contributed by atoms with Gasteiger partial charge < -0.3 is 10.2 Å². The molecular formula is C30H29Cl3F3N3O4S. The first-order chi connectivity index (χ1) is 20.7. The van der Waals surface area contributed by atoms with Gasteiger partial charge in [0.1, 0.15) is 12.6 Å². The Bertz CT molecular complexity index is 1600. The number of hydrogen-bond donors (Lipinski definition) is 1. The number of benzene rings is 3. The van der Waals surface area contributed by atoms with E-state index in [2.05, 4.69) is 5.32 Å². The van der Waals surface area contributed by atoms with Crippen molar-refractivity contribution in [1.29, 1.82) is 0 Å². The van der Waals surface area contributed by atoms with Crippen molar-refractivity contribution in [2.24, 2.45) is 0 Å². The molecule has 3 aromatic carbocycles. The van der Waals surface area contributed by atoms with Crippen LogP contribution in [0.2, 0.25) is 15.1 Å². The van der Waals surface area contributed by atoms with Crippen LogP contribution in [-0.2, 0) is 32.3 Å². The molecule has 0 aliphatic heterocycles. The molecule has 0 radical (unpaired) electrons. The van der Waals surface area contributed by atoms with Crippen molar-refractivity contribution in [3.05, 3.63) is 92.9 Å². The lowest BCUT2D eigenvalue weighted by Crippen LogP contribution is -2.52. The van der Waals surface area contributed by atoms with Gasteiger partial charge in [0.25, 0.3) is 10.0 Å². The molecule has 0 heterocycles. The number of carbonyl (C=O) groups is 2. The molecular weight excluding hydrogens is 662 g/mol. The Labute approximate surface area is 268 Å². The van der Waals surface area contributed by atoms with Crippen LogP contribution in [0.4, 0.5) is 18.9 Å². The number of sulfonamides is 1. The largest absolute Gasteiger partial charge is 0.416 e. The summed E-state index contributed by atoms with van der Waals surface area (Å²) < 4.78 is 69.4. The van der Waals surface area contributed by atoms with Gasteiger partial charge in [-0.2, -0.15) is 13.2 Å². The monoisotopic (exact) mass is 689 g/mol. The molecule has 44 heavy (non-hydrogen) atoms. The Morgan fingerprint density at radius 1 is 0.932 bits per heavy atom. The van der Waals surface area contributed by atoms with E-state index in [1.165, 1.54) is 31.2 Å². The van der Waals surface area contributed by atoms with Crippen LogP contribution in [0.3, 0.4) is 0 Å². The summed E-state index contributed by atoms with van der Waals surface area (Å²) in [6.45, 7) is 0.202. The van der Waals surface area contributed by atoms with Gasteiger partial charge in [-0.15, -0.1) is 0 Å². The van der Waals surface area contributed by atoms with Crippen LogP contribution in [0.15, 0.2) is 71.6 Å². The van der Waals surface area contributed by atoms with E-state index in [-0.39, 0.29) is 32.5 Å². The van der Waals surface area contributed by atoms with E-state index >= 15 is 0 Å². The predicted octanol–water partition coefficient (Wildman–Crippen LogP) is 7.34. The number of anilines is 1. The smallest absolute Gasteiger partial charge is 0.352 e. The molecule has 0 bridgehead atoms. The van der Waals surface area contributed by atoms with Gasteiger partial charge in [-0.25, -0.2) is 8.42 Å². The summed E-state index contributed by atoms with van der Waals surface area (Å²) in [5.41, 5.74) is -1.42. The number of rotatable bonds is 10. The SMILES string of the molecule is CC(C(=O)NC1CCCC1)N(Cc1c(Cl)cccc1Cl)C(=O)CN(c1cc(C(F)(F)F)ccc1Cl)S(=O)(=O)c1ccccc1. The molecule has 4 rings (SSSR count). The maximum absolute atomic E-state index is 14.1. The molecule has 1 unspecified atom stereocenters. The summed E-state index contributed by atoms with van der Waals surface area (Å²) in [5.74, 6) is -1.38. The first-order valence-electron chi connectivity index (χ1n) is 13.7. The minimum atomic E-state index is -4.83. The first-order valence-corrected chi connectivity index (χ1v) is 16.2. The average Bonchev–Trinajstić information content (AvgIpc) is 3.48. The van der Waals surface area contributed by atoms with Crippen molar-refractivity contribution in [2.75, 3.05) is 10.8 Å². The summed E-state index contributed by atoms with van der Waals surface area (Å²) in [5, 5.41) is 3.00. The molecule has 7 nitrogen and oxygen atoms in total. The van der Waals surface area contributed by atoms with Gasteiger partial charge >= 0.3 is 6.18 Å². The van der Waals surface area contributed by atoms with E-state index in [9.17, 15) is 31.2 Å². The third-order valence-corrected chi connectivity index (χ3v) is 10.2. The highest BCUT2D eigenvalue weighted by atomic mass is 35.5. The number of hydrogen-bond acceptors (Lipinski definition) is 4. The fourth-order valence-electron chi connectivity index (χ4n) is 4.94. The molecule has 2 amide bonds. The van der Waals surface area contributed by atoms with Crippen molar-refractivity contribution in [2.45, 2.75) is 62.3 Å². The number of alkyl halides is 3. The van der Waals surface area contributed by atoms with Crippen LogP contribution in [0.5, 0.6) is 0 Å². The zero-order chi connectivity index (χ0) is 32.2. The molecule has 1 atom stereocenters. The van der Waals surface area contributed by atoms with Crippen LogP contribution in [0.25, 0.3) is 0 Å². The summed E-state index contributed by atoms with van der Waals surface area (Å²) in [6.07, 6.45) is -1.38. The Hall–Kier alpha value is -2.99. The minimum absolute atomic E-state index is 0.0790. The molecule has 0 saturated heterocycles. The van der Waals surface area contributed by atoms with Gasteiger partial charge in [0.15, 0.2) is 0 Å². The normalized spacial score (nSPS) is 14.7. The summed E-state index contributed by atoms with van der Waals surface area (Å²) in [4.78, 5) is 28.3. The van der Waals surface area contributed by atoms with Crippen molar-refractivity contribution >= 4 is 62.3 Å². The lowest BCUT2D eigenvalue weighted by atomic mass is 10.1. The van der Waals surface area contributed by atoms with Crippen LogP contribution in [0, 0.1) is 0 Å². The van der Waals surface area contributed by atoms with Gasteiger partial charge in [0, 0.05) is 28.2 Å². The second-order valence-corrected chi connectivity index (χ2v) is 13.5. The average molecular weight is 691 g/mol. The van der Waals surface area contributed by atoms with Gasteiger partial charge in [0.2, 0.25) is 11.8 Å². The van der Waals surface area contributed by atoms with Crippen molar-refractivity contribution in [1.82, 2.24) is 10.2 Å². The lowest BCUT2D eigenvalue weighted by Gasteiger charge is -2.33. The van der Waals surface area contributed by atoms with Gasteiger partial charge in [-0.1, -0.05) is 71.9 Å². The number of nitrogens with zero attached hydrogens (tertiary/aromatic N) is 2. The quantitative estimate of drug-likeness (QED) is 0.241. The molecule has 0 aromatic heterocycles. The van der Waals surface area contributed by atoms with E-state index in [1.54, 1.807) is 24.3 Å². The highest BCUT2D eigenvalue weighted by Gasteiger charge is 2.37. The van der Waals surface area contributed by atoms with Crippen LogP contribution < -0.4 is 9.62 Å². The Balaban J connectivity index is 1.79. The van der Waals surface area contributed by atoms with Crippen LogP contribution in [0.1, 0.15) is 43.7 Å². The van der Waals surface area contributed by atoms with Crippen molar-refractivity contribution < 1.29 is 31.2 Å². The molecule has 14 heteroatoms. The number of nitrogens with one attached hydrogen (secondary N) is 1. The Morgan fingerprint density at radius 3 is 2.14 bits per heavy atom. The minimum Gasteiger partial charge on any atom is -0.352 e. The maximum atomic E-state index is 14.1. The zero-order valence-corrected chi connectivity index (χ0v) is 26.5. The summed E-state index contributed by atoms with van der Waals surface area (Å²) in [7, 11) is -4.64.